The number of rotatable bonds is 4. The maximum Gasteiger partial charge on any atom is 0.298 e. The predicted octanol–water partition coefficient (Wildman–Crippen LogP) is 0.922. The fourth-order valence-electron chi connectivity index (χ4n) is 3.67. The number of aromatic amines is 1. The number of ether oxygens (including phenoxy) is 1. The number of nitrogens with zero attached hydrogens (tertiary/aromatic N) is 2. The molecule has 0 saturated carbocycles. The van der Waals surface area contributed by atoms with Crippen LogP contribution in [-0.2, 0) is 4.79 Å². The van der Waals surface area contributed by atoms with Crippen LogP contribution in [0.2, 0.25) is 0 Å². The number of aromatic nitrogens is 2. The van der Waals surface area contributed by atoms with Gasteiger partial charge in [0, 0.05) is 24.0 Å². The molecule has 1 atom stereocenters. The number of hydrogen-bond acceptors (Lipinski definition) is 5. The number of benzene rings is 1. The molecule has 4 heterocycles. The molecule has 3 aliphatic rings. The minimum Gasteiger partial charge on any atom is -0.429 e. The molecule has 3 saturated heterocycles. The Morgan fingerprint density at radius 2 is 2.22 bits per heavy atom. The van der Waals surface area contributed by atoms with Gasteiger partial charge in [0.05, 0.1) is 5.52 Å². The summed E-state index contributed by atoms with van der Waals surface area (Å²) in [7, 11) is 0. The Balaban J connectivity index is 1.54. The van der Waals surface area contributed by atoms with Gasteiger partial charge in [-0.2, -0.15) is 5.10 Å². The number of nitrogens with one attached hydrogen (secondary N) is 2. The lowest BCUT2D eigenvalue weighted by Gasteiger charge is -2.44. The molecule has 2 bridgehead atoms. The van der Waals surface area contributed by atoms with Gasteiger partial charge in [0.1, 0.15) is 5.75 Å². The zero-order chi connectivity index (χ0) is 15.8. The van der Waals surface area contributed by atoms with Crippen molar-refractivity contribution in [3.8, 4) is 5.75 Å². The van der Waals surface area contributed by atoms with Gasteiger partial charge in [0.25, 0.3) is 12.4 Å². The maximum absolute atomic E-state index is 12.6. The van der Waals surface area contributed by atoms with E-state index in [9.17, 15) is 9.59 Å². The van der Waals surface area contributed by atoms with E-state index in [4.69, 9.17) is 4.74 Å². The summed E-state index contributed by atoms with van der Waals surface area (Å²) in [5.74, 6) is 0.835. The van der Waals surface area contributed by atoms with Crippen molar-refractivity contribution in [1.29, 1.82) is 0 Å². The minimum atomic E-state index is -0.154. The average molecular weight is 314 g/mol. The zero-order valence-corrected chi connectivity index (χ0v) is 12.6. The van der Waals surface area contributed by atoms with E-state index in [1.165, 1.54) is 0 Å². The first kappa shape index (κ1) is 14.2. The zero-order valence-electron chi connectivity index (χ0n) is 12.6. The molecule has 5 rings (SSSR count). The van der Waals surface area contributed by atoms with Crippen LogP contribution in [-0.4, -0.2) is 53.2 Å². The van der Waals surface area contributed by atoms with E-state index in [0.717, 1.165) is 37.9 Å². The minimum absolute atomic E-state index is 0.154. The molecular weight excluding hydrogens is 296 g/mol. The van der Waals surface area contributed by atoms with Gasteiger partial charge in [-0.1, -0.05) is 0 Å². The Hall–Kier alpha value is -2.41. The monoisotopic (exact) mass is 314 g/mol. The van der Waals surface area contributed by atoms with Crippen molar-refractivity contribution < 1.29 is 14.3 Å². The van der Waals surface area contributed by atoms with Crippen molar-refractivity contribution in [2.24, 2.45) is 5.92 Å². The largest absolute Gasteiger partial charge is 0.429 e. The molecule has 0 radical (unpaired) electrons. The Morgan fingerprint density at radius 3 is 2.91 bits per heavy atom. The van der Waals surface area contributed by atoms with Crippen LogP contribution < -0.4 is 10.1 Å². The van der Waals surface area contributed by atoms with Gasteiger partial charge in [0.15, 0.2) is 5.69 Å². The topological polar surface area (TPSA) is 87.3 Å². The SMILES string of the molecule is O=COc1ccc2c(C(=O)N[C@H]3CN4CCC3CC4)n[nH]c2c1. The molecule has 7 nitrogen and oxygen atoms in total. The maximum atomic E-state index is 12.6. The van der Waals surface area contributed by atoms with E-state index in [-0.39, 0.29) is 11.9 Å². The second-order valence-electron chi connectivity index (χ2n) is 6.21. The second kappa shape index (κ2) is 5.66. The third-order valence-corrected chi connectivity index (χ3v) is 4.91. The molecular formula is C16H18N4O3. The van der Waals surface area contributed by atoms with Crippen molar-refractivity contribution >= 4 is 23.3 Å². The Labute approximate surface area is 133 Å². The van der Waals surface area contributed by atoms with Crippen molar-refractivity contribution in [2.45, 2.75) is 18.9 Å². The summed E-state index contributed by atoms with van der Waals surface area (Å²) < 4.78 is 4.80. The molecule has 2 aromatic rings. The number of piperidine rings is 3. The molecule has 23 heavy (non-hydrogen) atoms. The summed E-state index contributed by atoms with van der Waals surface area (Å²) in [6.45, 7) is 3.58. The molecule has 1 aromatic heterocycles. The van der Waals surface area contributed by atoms with Crippen molar-refractivity contribution in [2.75, 3.05) is 19.6 Å². The highest BCUT2D eigenvalue weighted by Crippen LogP contribution is 2.28. The molecule has 0 unspecified atom stereocenters. The first-order valence-electron chi connectivity index (χ1n) is 7.86. The molecule has 2 N–H and O–H groups in total. The normalized spacial score (nSPS) is 26.2. The van der Waals surface area contributed by atoms with Crippen LogP contribution in [0.5, 0.6) is 5.75 Å². The summed E-state index contributed by atoms with van der Waals surface area (Å²) in [5, 5.41) is 10.8. The van der Waals surface area contributed by atoms with Gasteiger partial charge >= 0.3 is 0 Å². The van der Waals surface area contributed by atoms with Gasteiger partial charge in [0.2, 0.25) is 0 Å². The number of fused-ring (bicyclic) bond motifs is 4. The molecule has 7 heteroatoms. The van der Waals surface area contributed by atoms with Crippen LogP contribution in [0.3, 0.4) is 0 Å². The smallest absolute Gasteiger partial charge is 0.298 e. The van der Waals surface area contributed by atoms with E-state index >= 15 is 0 Å². The van der Waals surface area contributed by atoms with E-state index in [1.807, 2.05) is 0 Å². The summed E-state index contributed by atoms with van der Waals surface area (Å²) in [5.41, 5.74) is 1.05. The molecule has 3 fully saturated rings. The van der Waals surface area contributed by atoms with Gasteiger partial charge in [-0.15, -0.1) is 0 Å². The Bertz CT molecular complexity index is 749. The first-order chi connectivity index (χ1) is 11.2. The Kier molecular flexibility index (Phi) is 3.49. The predicted molar refractivity (Wildman–Crippen MR) is 83.2 cm³/mol. The fourth-order valence-corrected chi connectivity index (χ4v) is 3.67. The first-order valence-corrected chi connectivity index (χ1v) is 7.86. The summed E-state index contributed by atoms with van der Waals surface area (Å²) in [6.07, 6.45) is 2.30. The quantitative estimate of drug-likeness (QED) is 0.820. The number of hydrogen-bond donors (Lipinski definition) is 2. The standard InChI is InChI=1S/C16H18N4O3/c21-9-23-11-1-2-12-13(7-11)18-19-15(12)16(22)17-14-8-20-5-3-10(14)4-6-20/h1-2,7,9-10,14H,3-6,8H2,(H,17,22)(H,18,19)/t14-/m0/s1. The second-order valence-corrected chi connectivity index (χ2v) is 6.21. The fraction of sp³-hybridized carbons (Fsp3) is 0.438. The van der Waals surface area contributed by atoms with E-state index in [0.29, 0.717) is 29.4 Å². The van der Waals surface area contributed by atoms with Gasteiger partial charge in [-0.3, -0.25) is 14.7 Å². The van der Waals surface area contributed by atoms with Gasteiger partial charge < -0.3 is 15.0 Å². The lowest BCUT2D eigenvalue weighted by atomic mass is 9.84. The van der Waals surface area contributed by atoms with E-state index in [1.54, 1.807) is 18.2 Å². The molecule has 1 amide bonds. The highest BCUT2D eigenvalue weighted by Gasteiger charge is 2.35. The van der Waals surface area contributed by atoms with Crippen LogP contribution in [0.15, 0.2) is 18.2 Å². The number of amides is 1. The van der Waals surface area contributed by atoms with Crippen LogP contribution in [0.1, 0.15) is 23.3 Å². The van der Waals surface area contributed by atoms with Crippen LogP contribution in [0, 0.1) is 5.92 Å². The van der Waals surface area contributed by atoms with E-state index < -0.39 is 0 Å². The van der Waals surface area contributed by atoms with E-state index in [2.05, 4.69) is 20.4 Å². The Morgan fingerprint density at radius 1 is 1.39 bits per heavy atom. The molecule has 0 spiro atoms. The highest BCUT2D eigenvalue weighted by atomic mass is 16.5. The summed E-state index contributed by atoms with van der Waals surface area (Å²) in [4.78, 5) is 25.4. The third kappa shape index (κ3) is 2.57. The van der Waals surface area contributed by atoms with Gasteiger partial charge in [-0.25, -0.2) is 0 Å². The number of carbonyl (C=O) groups is 2. The summed E-state index contributed by atoms with van der Waals surface area (Å²) >= 11 is 0. The van der Waals surface area contributed by atoms with Crippen LogP contribution in [0.25, 0.3) is 10.9 Å². The van der Waals surface area contributed by atoms with Crippen molar-refractivity contribution in [3.63, 3.8) is 0 Å². The lowest BCUT2D eigenvalue weighted by molar-refractivity contribution is -0.120. The average Bonchev–Trinajstić information content (AvgIpc) is 2.99. The van der Waals surface area contributed by atoms with Crippen molar-refractivity contribution in [1.82, 2.24) is 20.4 Å². The molecule has 1 aromatic carbocycles. The molecule has 3 aliphatic heterocycles. The lowest BCUT2D eigenvalue weighted by Crippen LogP contribution is -2.57. The van der Waals surface area contributed by atoms with Crippen LogP contribution in [0.4, 0.5) is 0 Å². The number of H-pyrrole nitrogens is 1. The third-order valence-electron chi connectivity index (χ3n) is 4.91. The van der Waals surface area contributed by atoms with Crippen molar-refractivity contribution in [3.05, 3.63) is 23.9 Å². The summed E-state index contributed by atoms with van der Waals surface area (Å²) in [6, 6.07) is 5.25. The van der Waals surface area contributed by atoms with Gasteiger partial charge in [-0.05, 0) is 44.0 Å². The highest BCUT2D eigenvalue weighted by molar-refractivity contribution is 6.05. The number of carbonyl (C=O) groups excluding carboxylic acids is 2. The molecule has 0 aliphatic carbocycles. The van der Waals surface area contributed by atoms with Crippen LogP contribution >= 0.6 is 0 Å². The molecule has 120 valence electrons.